The number of piperidine rings is 2. The van der Waals surface area contributed by atoms with Gasteiger partial charge in [0.05, 0.1) is 24.2 Å². The minimum atomic E-state index is -4.39. The predicted octanol–water partition coefficient (Wildman–Crippen LogP) is 5.26. The van der Waals surface area contributed by atoms with Crippen molar-refractivity contribution in [1.82, 2.24) is 24.1 Å². The van der Waals surface area contributed by atoms with Crippen molar-refractivity contribution in [3.05, 3.63) is 136 Å². The van der Waals surface area contributed by atoms with Gasteiger partial charge < -0.3 is 14.8 Å². The summed E-state index contributed by atoms with van der Waals surface area (Å²) in [4.78, 5) is 67.0. The van der Waals surface area contributed by atoms with Crippen molar-refractivity contribution in [3.8, 4) is 5.75 Å². The first-order valence-corrected chi connectivity index (χ1v) is 23.3. The van der Waals surface area contributed by atoms with Crippen LogP contribution in [0.2, 0.25) is 0 Å². The second kappa shape index (κ2) is 18.5. The van der Waals surface area contributed by atoms with Crippen LogP contribution in [0.1, 0.15) is 61.3 Å². The van der Waals surface area contributed by atoms with Crippen LogP contribution in [0, 0.1) is 5.82 Å². The molecule has 16 nitrogen and oxygen atoms in total. The quantitative estimate of drug-likeness (QED) is 0.122. The molecule has 4 heterocycles. The van der Waals surface area contributed by atoms with E-state index < -0.39 is 52.2 Å². The Hall–Kier alpha value is -6.89. The number of imide groups is 1. The van der Waals surface area contributed by atoms with Crippen molar-refractivity contribution in [2.75, 3.05) is 35.9 Å². The molecule has 3 aliphatic rings. The second-order valence-corrected chi connectivity index (χ2v) is 18.3. The summed E-state index contributed by atoms with van der Waals surface area (Å²) in [5.41, 5.74) is 3.74. The number of halogens is 1. The van der Waals surface area contributed by atoms with E-state index in [1.165, 1.54) is 22.8 Å². The molecule has 5 aromatic carbocycles. The topological polar surface area (TPSA) is 190 Å². The minimum absolute atomic E-state index is 0.0156. The summed E-state index contributed by atoms with van der Waals surface area (Å²) in [7, 11) is -4.39. The van der Waals surface area contributed by atoms with Crippen LogP contribution in [-0.2, 0) is 53.9 Å². The lowest BCUT2D eigenvalue weighted by Gasteiger charge is -2.37. The first-order chi connectivity index (χ1) is 31.9. The molecule has 0 aliphatic carbocycles. The number of likely N-dealkylation sites (tertiary alicyclic amines) is 1. The average Bonchev–Trinajstić information content (AvgIpc) is 3.75. The SMILES string of the molecule is CCn1c(=O)n(C2CCC(=O)NC2=O)c2ccc(C3CCN([C@@H](COCc4ccccc4)C(=O)Nc4ccc5c(F)c(N6CC(=O)NS6(=O)=O)c(OCc6ccccc6)cc5c4)CC3)cc21. The van der Waals surface area contributed by atoms with Crippen molar-refractivity contribution in [2.45, 2.75) is 70.4 Å². The van der Waals surface area contributed by atoms with Crippen molar-refractivity contribution in [2.24, 2.45) is 0 Å². The third kappa shape index (κ3) is 8.90. The summed E-state index contributed by atoms with van der Waals surface area (Å²) in [5, 5.41) is 5.75. The second-order valence-electron chi connectivity index (χ2n) is 16.7. The molecule has 4 amide bonds. The number of rotatable bonds is 14. The maximum Gasteiger partial charge on any atom is 0.329 e. The molecule has 0 radical (unpaired) electrons. The molecule has 0 spiro atoms. The van der Waals surface area contributed by atoms with Crippen LogP contribution in [0.4, 0.5) is 15.8 Å². The fourth-order valence-corrected chi connectivity index (χ4v) is 10.4. The molecule has 0 saturated carbocycles. The fourth-order valence-electron chi connectivity index (χ4n) is 9.19. The zero-order valence-corrected chi connectivity index (χ0v) is 36.9. The van der Waals surface area contributed by atoms with Crippen LogP contribution in [0.25, 0.3) is 21.8 Å². The normalized spacial score (nSPS) is 18.4. The third-order valence-corrected chi connectivity index (χ3v) is 13.9. The van der Waals surface area contributed by atoms with E-state index in [2.05, 4.69) is 15.5 Å². The first kappa shape index (κ1) is 44.3. The van der Waals surface area contributed by atoms with E-state index in [4.69, 9.17) is 9.47 Å². The smallest absolute Gasteiger partial charge is 0.329 e. The molecule has 342 valence electrons. The minimum Gasteiger partial charge on any atom is -0.487 e. The van der Waals surface area contributed by atoms with E-state index in [1.807, 2.05) is 78.4 Å². The highest BCUT2D eigenvalue weighted by Gasteiger charge is 2.39. The van der Waals surface area contributed by atoms with Gasteiger partial charge in [-0.2, -0.15) is 8.42 Å². The summed E-state index contributed by atoms with van der Waals surface area (Å²) in [6.07, 6.45) is 1.81. The molecule has 9 rings (SSSR count). The standard InChI is InChI=1S/C48H48FN7O9S/c1-2-54-39-24-33(13-16-37(39)56(48(54)61)38-17-18-42(57)51-46(38)59)32-19-21-53(22-20-32)40(29-64-27-30-9-5-3-6-10-30)47(60)50-35-14-15-36-34(23-35)25-41(65-28-31-11-7-4-8-12-31)45(44(36)49)55-26-43(58)52-66(55,62)63/h3-16,23-25,32,38,40H,2,17-22,26-29H2,1H3,(H,50,60)(H,52,58)(H,51,57,59)/t38?,40-/m0/s1. The van der Waals surface area contributed by atoms with Crippen molar-refractivity contribution in [3.63, 3.8) is 0 Å². The van der Waals surface area contributed by atoms with Crippen LogP contribution in [0.3, 0.4) is 0 Å². The summed E-state index contributed by atoms with van der Waals surface area (Å²) >= 11 is 0. The zero-order valence-electron chi connectivity index (χ0n) is 36.1. The zero-order chi connectivity index (χ0) is 46.1. The molecular formula is C48H48FN7O9S. The van der Waals surface area contributed by atoms with Gasteiger partial charge in [-0.05, 0) is 104 Å². The molecule has 0 bridgehead atoms. The predicted molar refractivity (Wildman–Crippen MR) is 244 cm³/mol. The third-order valence-electron chi connectivity index (χ3n) is 12.5. The number of ether oxygens (including phenoxy) is 2. The van der Waals surface area contributed by atoms with Gasteiger partial charge in [0.15, 0.2) is 5.82 Å². The van der Waals surface area contributed by atoms with Gasteiger partial charge >= 0.3 is 15.9 Å². The number of imidazole rings is 1. The number of benzene rings is 5. The molecule has 18 heteroatoms. The largest absolute Gasteiger partial charge is 0.487 e. The van der Waals surface area contributed by atoms with Crippen LogP contribution < -0.4 is 30.1 Å². The number of nitrogens with one attached hydrogen (secondary N) is 3. The van der Waals surface area contributed by atoms with Crippen LogP contribution in [0.5, 0.6) is 5.75 Å². The lowest BCUT2D eigenvalue weighted by atomic mass is 9.88. The highest BCUT2D eigenvalue weighted by Crippen LogP contribution is 2.41. The summed E-state index contributed by atoms with van der Waals surface area (Å²) in [5.74, 6) is -2.88. The Morgan fingerprint density at radius 2 is 1.56 bits per heavy atom. The Labute approximate surface area is 379 Å². The number of hydrogen-bond donors (Lipinski definition) is 3. The van der Waals surface area contributed by atoms with E-state index in [-0.39, 0.29) is 67.2 Å². The Morgan fingerprint density at radius 3 is 2.23 bits per heavy atom. The van der Waals surface area contributed by atoms with Gasteiger partial charge in [0, 0.05) is 24.0 Å². The summed E-state index contributed by atoms with van der Waals surface area (Å²) < 4.78 is 60.3. The van der Waals surface area contributed by atoms with Gasteiger partial charge in [-0.1, -0.05) is 66.7 Å². The maximum atomic E-state index is 16.5. The van der Waals surface area contributed by atoms with Gasteiger partial charge in [0.25, 0.3) is 5.91 Å². The lowest BCUT2D eigenvalue weighted by Crippen LogP contribution is -2.50. The molecule has 1 unspecified atom stereocenters. The van der Waals surface area contributed by atoms with E-state index in [9.17, 15) is 32.4 Å². The number of aryl methyl sites for hydroxylation is 1. The Morgan fingerprint density at radius 1 is 0.848 bits per heavy atom. The number of aromatic nitrogens is 2. The molecule has 2 atom stereocenters. The fraction of sp³-hybridized carbons (Fsp3) is 0.312. The number of nitrogens with zero attached hydrogens (tertiary/aromatic N) is 4. The van der Waals surface area contributed by atoms with Crippen molar-refractivity contribution >= 4 is 67.0 Å². The molecule has 3 aliphatic heterocycles. The molecule has 3 saturated heterocycles. The van der Waals surface area contributed by atoms with Crippen molar-refractivity contribution in [1.29, 1.82) is 0 Å². The highest BCUT2D eigenvalue weighted by atomic mass is 32.2. The molecule has 3 N–H and O–H groups in total. The van der Waals surface area contributed by atoms with E-state index >= 15 is 4.39 Å². The van der Waals surface area contributed by atoms with Crippen LogP contribution >= 0.6 is 0 Å². The van der Waals surface area contributed by atoms with E-state index in [1.54, 1.807) is 22.8 Å². The Kier molecular flexibility index (Phi) is 12.4. The van der Waals surface area contributed by atoms with Gasteiger partial charge in [0.1, 0.15) is 36.7 Å². The molecule has 6 aromatic rings. The monoisotopic (exact) mass is 917 g/mol. The number of hydrogen-bond acceptors (Lipinski definition) is 10. The molecule has 3 fully saturated rings. The van der Waals surface area contributed by atoms with Gasteiger partial charge in [-0.15, -0.1) is 0 Å². The van der Waals surface area contributed by atoms with Crippen LogP contribution in [-0.4, -0.2) is 78.4 Å². The van der Waals surface area contributed by atoms with Crippen LogP contribution in [0.15, 0.2) is 108 Å². The highest BCUT2D eigenvalue weighted by molar-refractivity contribution is 7.92. The molecular weight excluding hydrogens is 870 g/mol. The Balaban J connectivity index is 0.959. The maximum absolute atomic E-state index is 16.5. The lowest BCUT2D eigenvalue weighted by molar-refractivity contribution is -0.135. The Bertz CT molecular complexity index is 3030. The number of amides is 4. The summed E-state index contributed by atoms with van der Waals surface area (Å²) in [6.45, 7) is 3.11. The number of anilines is 2. The number of fused-ring (bicyclic) bond motifs is 2. The van der Waals surface area contributed by atoms with Gasteiger partial charge in [-0.3, -0.25) is 38.5 Å². The number of carbonyl (C=O) groups excluding carboxylic acids is 4. The average molecular weight is 918 g/mol. The van der Waals surface area contributed by atoms with Gasteiger partial charge in [-0.25, -0.2) is 18.2 Å². The van der Waals surface area contributed by atoms with Crippen molar-refractivity contribution < 1.29 is 41.5 Å². The first-order valence-electron chi connectivity index (χ1n) is 21.9. The summed E-state index contributed by atoms with van der Waals surface area (Å²) in [6, 6.07) is 29.2. The molecule has 1 aromatic heterocycles. The van der Waals surface area contributed by atoms with E-state index in [0.717, 1.165) is 16.7 Å². The van der Waals surface area contributed by atoms with E-state index in [0.29, 0.717) is 58.9 Å². The van der Waals surface area contributed by atoms with Gasteiger partial charge in [0.2, 0.25) is 17.7 Å². The number of carbonyl (C=O) groups is 4. The molecule has 66 heavy (non-hydrogen) atoms.